The molecular formula is C9H22N2OSi. The minimum atomic E-state index is -0.115. The second-order valence-electron chi connectivity index (χ2n) is 3.55. The SMILES string of the molecule is CCCN1[SiH2]N(CCC)C1OCC. The predicted molar refractivity (Wildman–Crippen MR) is 58.0 cm³/mol. The van der Waals surface area contributed by atoms with E-state index in [0.717, 1.165) is 6.61 Å². The summed E-state index contributed by atoms with van der Waals surface area (Å²) < 4.78 is 10.7. The molecule has 1 heterocycles. The third-order valence-corrected chi connectivity index (χ3v) is 4.31. The van der Waals surface area contributed by atoms with Crippen molar-refractivity contribution in [3.63, 3.8) is 0 Å². The lowest BCUT2D eigenvalue weighted by molar-refractivity contribution is -0.130. The van der Waals surface area contributed by atoms with Crippen molar-refractivity contribution in [2.45, 2.75) is 40.0 Å². The summed E-state index contributed by atoms with van der Waals surface area (Å²) in [6.45, 7) is 9.82. The Morgan fingerprint density at radius 2 is 1.62 bits per heavy atom. The maximum Gasteiger partial charge on any atom is 0.179 e. The molecule has 0 radical (unpaired) electrons. The molecule has 1 rings (SSSR count). The van der Waals surface area contributed by atoms with Crippen LogP contribution in [-0.2, 0) is 4.74 Å². The van der Waals surface area contributed by atoms with Crippen LogP contribution >= 0.6 is 0 Å². The molecule has 0 spiro atoms. The van der Waals surface area contributed by atoms with Crippen molar-refractivity contribution >= 4 is 9.84 Å². The Labute approximate surface area is 84.0 Å². The summed E-state index contributed by atoms with van der Waals surface area (Å²) in [6.07, 6.45) is 2.82. The van der Waals surface area contributed by atoms with Crippen LogP contribution in [0.25, 0.3) is 0 Å². The highest BCUT2D eigenvalue weighted by Gasteiger charge is 2.35. The zero-order valence-electron chi connectivity index (χ0n) is 9.12. The molecule has 13 heavy (non-hydrogen) atoms. The van der Waals surface area contributed by atoms with E-state index in [4.69, 9.17) is 4.74 Å². The van der Waals surface area contributed by atoms with E-state index in [-0.39, 0.29) is 9.84 Å². The smallest absolute Gasteiger partial charge is 0.179 e. The molecule has 78 valence electrons. The van der Waals surface area contributed by atoms with Crippen LogP contribution in [0.2, 0.25) is 0 Å². The Bertz CT molecular complexity index is 134. The Morgan fingerprint density at radius 1 is 1.08 bits per heavy atom. The number of nitrogens with zero attached hydrogens (tertiary/aromatic N) is 2. The number of rotatable bonds is 6. The van der Waals surface area contributed by atoms with Crippen molar-refractivity contribution in [2.75, 3.05) is 19.7 Å². The van der Waals surface area contributed by atoms with Crippen molar-refractivity contribution in [3.8, 4) is 0 Å². The molecule has 0 unspecified atom stereocenters. The molecule has 1 fully saturated rings. The summed E-state index contributed by atoms with van der Waals surface area (Å²) in [5.41, 5.74) is 0. The highest BCUT2D eigenvalue weighted by atomic mass is 28.2. The van der Waals surface area contributed by atoms with Crippen molar-refractivity contribution in [1.29, 1.82) is 0 Å². The first-order valence-electron chi connectivity index (χ1n) is 5.43. The van der Waals surface area contributed by atoms with E-state index in [1.54, 1.807) is 0 Å². The molecular weight excluding hydrogens is 180 g/mol. The highest BCUT2D eigenvalue weighted by molar-refractivity contribution is 6.31. The van der Waals surface area contributed by atoms with E-state index in [1.807, 2.05) is 0 Å². The zero-order chi connectivity index (χ0) is 9.68. The Kier molecular flexibility index (Phi) is 4.94. The minimum absolute atomic E-state index is 0.115. The van der Waals surface area contributed by atoms with Gasteiger partial charge in [0.05, 0.1) is 0 Å². The van der Waals surface area contributed by atoms with Gasteiger partial charge >= 0.3 is 0 Å². The van der Waals surface area contributed by atoms with E-state index >= 15 is 0 Å². The third kappa shape index (κ3) is 2.77. The third-order valence-electron chi connectivity index (χ3n) is 2.33. The highest BCUT2D eigenvalue weighted by Crippen LogP contribution is 2.17. The van der Waals surface area contributed by atoms with E-state index in [9.17, 15) is 0 Å². The summed E-state index contributed by atoms with van der Waals surface area (Å²) in [5, 5.41) is 0. The average Bonchev–Trinajstić information content (AvgIpc) is 2.13. The molecule has 0 bridgehead atoms. The predicted octanol–water partition coefficient (Wildman–Crippen LogP) is 0.743. The average molecular weight is 202 g/mol. The van der Waals surface area contributed by atoms with Crippen LogP contribution in [-0.4, -0.2) is 45.0 Å². The summed E-state index contributed by atoms with van der Waals surface area (Å²) in [5.74, 6) is 0. The van der Waals surface area contributed by atoms with E-state index in [2.05, 4.69) is 29.9 Å². The first kappa shape index (κ1) is 11.2. The Morgan fingerprint density at radius 3 is 2.00 bits per heavy atom. The van der Waals surface area contributed by atoms with Gasteiger partial charge in [0.2, 0.25) is 0 Å². The Hall–Kier alpha value is 0.0969. The molecule has 1 aliphatic heterocycles. The maximum atomic E-state index is 5.69. The van der Waals surface area contributed by atoms with E-state index in [1.165, 1.54) is 25.9 Å². The van der Waals surface area contributed by atoms with Gasteiger partial charge in [-0.05, 0) is 32.9 Å². The van der Waals surface area contributed by atoms with Crippen LogP contribution in [0.1, 0.15) is 33.6 Å². The fourth-order valence-corrected chi connectivity index (χ4v) is 3.83. The molecule has 0 aromatic carbocycles. The molecule has 0 atom stereocenters. The van der Waals surface area contributed by atoms with Gasteiger partial charge < -0.3 is 4.74 Å². The van der Waals surface area contributed by atoms with E-state index in [0.29, 0.717) is 6.35 Å². The molecule has 3 nitrogen and oxygen atoms in total. The first-order chi connectivity index (χ1) is 6.33. The quantitative estimate of drug-likeness (QED) is 0.591. The van der Waals surface area contributed by atoms with Crippen LogP contribution in [0.5, 0.6) is 0 Å². The standard InChI is InChI=1S/C9H22N2OSi/c1-4-7-10-9(12-6-3)11(13-10)8-5-2/h9H,4-8,13H2,1-3H3. The van der Waals surface area contributed by atoms with Crippen LogP contribution < -0.4 is 0 Å². The zero-order valence-corrected chi connectivity index (χ0v) is 10.5. The normalized spacial score (nSPS) is 26.5. The molecule has 4 heteroatoms. The first-order valence-corrected chi connectivity index (χ1v) is 6.69. The molecule has 0 aromatic rings. The van der Waals surface area contributed by atoms with Crippen molar-refractivity contribution in [1.82, 2.24) is 9.13 Å². The molecule has 0 amide bonds. The van der Waals surface area contributed by atoms with Crippen molar-refractivity contribution < 1.29 is 4.74 Å². The topological polar surface area (TPSA) is 15.7 Å². The van der Waals surface area contributed by atoms with E-state index < -0.39 is 0 Å². The monoisotopic (exact) mass is 202 g/mol. The summed E-state index contributed by atoms with van der Waals surface area (Å²) >= 11 is 0. The molecule has 1 aliphatic rings. The lowest BCUT2D eigenvalue weighted by Crippen LogP contribution is -2.67. The van der Waals surface area contributed by atoms with Crippen LogP contribution in [0.3, 0.4) is 0 Å². The number of hydrogen-bond acceptors (Lipinski definition) is 3. The summed E-state index contributed by atoms with van der Waals surface area (Å²) in [4.78, 5) is 0. The van der Waals surface area contributed by atoms with Gasteiger partial charge in [-0.2, -0.15) is 0 Å². The molecule has 0 N–H and O–H groups in total. The minimum Gasteiger partial charge on any atom is -0.351 e. The fourth-order valence-electron chi connectivity index (χ4n) is 1.80. The van der Waals surface area contributed by atoms with Gasteiger partial charge in [0.1, 0.15) is 0 Å². The van der Waals surface area contributed by atoms with Crippen LogP contribution in [0, 0.1) is 0 Å². The van der Waals surface area contributed by atoms with Crippen molar-refractivity contribution in [2.24, 2.45) is 0 Å². The number of hydrogen-bond donors (Lipinski definition) is 0. The van der Waals surface area contributed by atoms with Gasteiger partial charge in [0.25, 0.3) is 0 Å². The van der Waals surface area contributed by atoms with Crippen molar-refractivity contribution in [3.05, 3.63) is 0 Å². The van der Waals surface area contributed by atoms with Gasteiger partial charge in [-0.1, -0.05) is 13.8 Å². The lowest BCUT2D eigenvalue weighted by atomic mass is 10.4. The van der Waals surface area contributed by atoms with Gasteiger partial charge in [-0.3, -0.25) is 9.13 Å². The second kappa shape index (κ2) is 5.75. The second-order valence-corrected chi connectivity index (χ2v) is 5.46. The van der Waals surface area contributed by atoms with Crippen LogP contribution in [0.4, 0.5) is 0 Å². The van der Waals surface area contributed by atoms with Gasteiger partial charge in [0.15, 0.2) is 16.2 Å². The van der Waals surface area contributed by atoms with Gasteiger partial charge in [-0.15, -0.1) is 0 Å². The maximum absolute atomic E-state index is 5.69. The number of ether oxygens (including phenoxy) is 1. The molecule has 0 aromatic heterocycles. The lowest BCUT2D eigenvalue weighted by Gasteiger charge is -2.50. The molecule has 1 saturated heterocycles. The molecule has 0 aliphatic carbocycles. The Balaban J connectivity index is 2.28. The summed E-state index contributed by atoms with van der Waals surface area (Å²) in [6, 6.07) is 0. The largest absolute Gasteiger partial charge is 0.351 e. The summed E-state index contributed by atoms with van der Waals surface area (Å²) in [7, 11) is -0.115. The molecule has 0 saturated carbocycles. The fraction of sp³-hybridized carbons (Fsp3) is 1.00. The van der Waals surface area contributed by atoms with Crippen LogP contribution in [0.15, 0.2) is 0 Å². The van der Waals surface area contributed by atoms with Gasteiger partial charge in [-0.25, -0.2) is 0 Å². The van der Waals surface area contributed by atoms with Gasteiger partial charge in [0, 0.05) is 6.61 Å².